The third-order valence-corrected chi connectivity index (χ3v) is 7.07. The number of aromatic nitrogens is 1. The zero-order valence-electron chi connectivity index (χ0n) is 21.5. The van der Waals surface area contributed by atoms with Gasteiger partial charge in [0.05, 0.1) is 18.0 Å². The molecule has 0 radical (unpaired) electrons. The fourth-order valence-corrected chi connectivity index (χ4v) is 4.87. The van der Waals surface area contributed by atoms with Gasteiger partial charge in [-0.15, -0.1) is 0 Å². The lowest BCUT2D eigenvalue weighted by atomic mass is 9.90. The molecule has 0 saturated heterocycles. The Morgan fingerprint density at radius 1 is 1.16 bits per heavy atom. The van der Waals surface area contributed by atoms with Crippen molar-refractivity contribution < 1.29 is 14.3 Å². The summed E-state index contributed by atoms with van der Waals surface area (Å²) < 4.78 is 5.19. The van der Waals surface area contributed by atoms with Gasteiger partial charge in [0.1, 0.15) is 0 Å². The standard InChI is InChI=1S/C29H35N5O3/c1-4-27(35)32-26-7-5-6-19-8-9-20(18-23(19)26)25-15-14-24(30)28(33-25)29(36)31-21-10-12-22(13-11-21)34(2)16-17-37-3/h4-9,14-15,18,21-22H,1,10-13,16-17,30H2,2-3H3,(H,31,36)(H,32,35)/t21-,22-. The average molecular weight is 502 g/mol. The van der Waals surface area contributed by atoms with Crippen LogP contribution in [0.4, 0.5) is 11.4 Å². The molecular weight excluding hydrogens is 466 g/mol. The van der Waals surface area contributed by atoms with E-state index in [1.165, 1.54) is 6.08 Å². The van der Waals surface area contributed by atoms with Gasteiger partial charge in [0.2, 0.25) is 5.91 Å². The van der Waals surface area contributed by atoms with Gasteiger partial charge in [-0.1, -0.05) is 30.8 Å². The van der Waals surface area contributed by atoms with E-state index in [2.05, 4.69) is 34.1 Å². The summed E-state index contributed by atoms with van der Waals surface area (Å²) in [6.07, 6.45) is 5.11. The van der Waals surface area contributed by atoms with E-state index in [1.807, 2.05) is 36.4 Å². The summed E-state index contributed by atoms with van der Waals surface area (Å²) in [5, 5.41) is 7.83. The van der Waals surface area contributed by atoms with Gasteiger partial charge < -0.3 is 26.0 Å². The summed E-state index contributed by atoms with van der Waals surface area (Å²) in [4.78, 5) is 32.0. The lowest BCUT2D eigenvalue weighted by Gasteiger charge is -2.34. The zero-order chi connectivity index (χ0) is 26.4. The Morgan fingerprint density at radius 2 is 1.95 bits per heavy atom. The molecule has 1 aromatic heterocycles. The number of pyridine rings is 1. The number of nitrogens with zero attached hydrogens (tertiary/aromatic N) is 2. The van der Waals surface area contributed by atoms with E-state index in [4.69, 9.17) is 10.5 Å². The van der Waals surface area contributed by atoms with Crippen molar-refractivity contribution >= 4 is 34.0 Å². The molecule has 3 aromatic rings. The molecule has 0 aliphatic heterocycles. The first-order valence-corrected chi connectivity index (χ1v) is 12.6. The molecule has 0 bridgehead atoms. The number of nitrogens with two attached hydrogens (primary N) is 1. The van der Waals surface area contributed by atoms with Crippen LogP contribution in [0.15, 0.2) is 61.2 Å². The number of nitrogen functional groups attached to an aromatic ring is 1. The predicted molar refractivity (Wildman–Crippen MR) is 148 cm³/mol. The smallest absolute Gasteiger partial charge is 0.272 e. The largest absolute Gasteiger partial charge is 0.397 e. The first-order chi connectivity index (χ1) is 17.9. The van der Waals surface area contributed by atoms with Crippen LogP contribution in [0.1, 0.15) is 36.2 Å². The van der Waals surface area contributed by atoms with Crippen LogP contribution < -0.4 is 16.4 Å². The monoisotopic (exact) mass is 501 g/mol. The molecule has 0 atom stereocenters. The van der Waals surface area contributed by atoms with Crippen LogP contribution in [-0.4, -0.2) is 61.1 Å². The Hall–Kier alpha value is -3.75. The molecule has 8 heteroatoms. The van der Waals surface area contributed by atoms with E-state index in [0.29, 0.717) is 23.1 Å². The summed E-state index contributed by atoms with van der Waals surface area (Å²) in [5.41, 5.74) is 8.87. The molecule has 1 saturated carbocycles. The number of hydrogen-bond donors (Lipinski definition) is 3. The maximum Gasteiger partial charge on any atom is 0.272 e. The van der Waals surface area contributed by atoms with Gasteiger partial charge in [-0.25, -0.2) is 4.98 Å². The SMILES string of the molecule is C=CC(=O)Nc1cccc2ccc(-c3ccc(N)c(C(=O)N[C@H]4CC[C@H](N(C)CCOC)CC4)n3)cc12. The minimum Gasteiger partial charge on any atom is -0.397 e. The molecule has 37 heavy (non-hydrogen) atoms. The summed E-state index contributed by atoms with van der Waals surface area (Å²) in [5.74, 6) is -0.534. The summed E-state index contributed by atoms with van der Waals surface area (Å²) in [6.45, 7) is 5.15. The Labute approximate surface area is 217 Å². The third kappa shape index (κ3) is 6.34. The lowest BCUT2D eigenvalue weighted by molar-refractivity contribution is -0.111. The summed E-state index contributed by atoms with van der Waals surface area (Å²) >= 11 is 0. The number of anilines is 2. The Bertz CT molecular complexity index is 1280. The van der Waals surface area contributed by atoms with Crippen LogP contribution in [0.3, 0.4) is 0 Å². The Balaban J connectivity index is 1.49. The van der Waals surface area contributed by atoms with Gasteiger partial charge >= 0.3 is 0 Å². The lowest BCUT2D eigenvalue weighted by Crippen LogP contribution is -2.43. The number of hydrogen-bond acceptors (Lipinski definition) is 6. The maximum atomic E-state index is 13.2. The van der Waals surface area contributed by atoms with Gasteiger partial charge in [0.25, 0.3) is 5.91 Å². The number of rotatable bonds is 9. The molecule has 1 fully saturated rings. The molecule has 2 aromatic carbocycles. The molecule has 1 heterocycles. The molecule has 1 aliphatic carbocycles. The third-order valence-electron chi connectivity index (χ3n) is 7.07. The molecule has 1 aliphatic rings. The highest BCUT2D eigenvalue weighted by Gasteiger charge is 2.26. The number of nitrogens with one attached hydrogen (secondary N) is 2. The molecule has 0 unspecified atom stereocenters. The molecule has 0 spiro atoms. The van der Waals surface area contributed by atoms with Gasteiger partial charge in [0.15, 0.2) is 5.69 Å². The molecule has 2 amide bonds. The minimum atomic E-state index is -0.280. The van der Waals surface area contributed by atoms with Gasteiger partial charge in [-0.2, -0.15) is 0 Å². The van der Waals surface area contributed by atoms with Gasteiger partial charge in [-0.3, -0.25) is 9.59 Å². The fourth-order valence-electron chi connectivity index (χ4n) is 4.87. The second-order valence-corrected chi connectivity index (χ2v) is 9.52. The highest BCUT2D eigenvalue weighted by molar-refractivity contribution is 6.06. The van der Waals surface area contributed by atoms with Crippen molar-refractivity contribution in [1.29, 1.82) is 0 Å². The summed E-state index contributed by atoms with van der Waals surface area (Å²) in [6, 6.07) is 15.7. The number of benzene rings is 2. The van der Waals surface area contributed by atoms with Crippen LogP contribution in [0.25, 0.3) is 22.0 Å². The molecular formula is C29H35N5O3. The van der Waals surface area contributed by atoms with Crippen molar-refractivity contribution in [3.63, 3.8) is 0 Å². The number of fused-ring (bicyclic) bond motifs is 1. The highest BCUT2D eigenvalue weighted by Crippen LogP contribution is 2.30. The molecule has 4 rings (SSSR count). The molecule has 4 N–H and O–H groups in total. The number of amides is 2. The zero-order valence-corrected chi connectivity index (χ0v) is 21.5. The number of likely N-dealkylation sites (N-methyl/N-ethyl adjacent to an activating group) is 1. The molecule has 194 valence electrons. The second kappa shape index (κ2) is 12.0. The number of carbonyl (C=O) groups is 2. The van der Waals surface area contributed by atoms with Gasteiger partial charge in [-0.05, 0) is 68.5 Å². The van der Waals surface area contributed by atoms with Gasteiger partial charge in [0, 0.05) is 42.4 Å². The van der Waals surface area contributed by atoms with E-state index in [-0.39, 0.29) is 23.6 Å². The number of ether oxygens (including phenoxy) is 1. The van der Waals surface area contributed by atoms with Crippen molar-refractivity contribution in [1.82, 2.24) is 15.2 Å². The van der Waals surface area contributed by atoms with Crippen molar-refractivity contribution in [2.24, 2.45) is 0 Å². The number of carbonyl (C=O) groups excluding carboxylic acids is 2. The van der Waals surface area contributed by atoms with E-state index in [1.54, 1.807) is 19.2 Å². The van der Waals surface area contributed by atoms with Crippen molar-refractivity contribution in [3.05, 3.63) is 66.9 Å². The Morgan fingerprint density at radius 3 is 2.68 bits per heavy atom. The number of methoxy groups -OCH3 is 1. The van der Waals surface area contributed by atoms with E-state index < -0.39 is 0 Å². The highest BCUT2D eigenvalue weighted by atomic mass is 16.5. The van der Waals surface area contributed by atoms with E-state index >= 15 is 0 Å². The summed E-state index contributed by atoms with van der Waals surface area (Å²) in [7, 11) is 3.85. The second-order valence-electron chi connectivity index (χ2n) is 9.52. The quantitative estimate of drug-likeness (QED) is 0.379. The fraction of sp³-hybridized carbons (Fsp3) is 0.345. The van der Waals surface area contributed by atoms with E-state index in [9.17, 15) is 9.59 Å². The van der Waals surface area contributed by atoms with Crippen molar-refractivity contribution in [2.45, 2.75) is 37.8 Å². The van der Waals surface area contributed by atoms with Crippen LogP contribution in [0.2, 0.25) is 0 Å². The predicted octanol–water partition coefficient (Wildman–Crippen LogP) is 4.23. The van der Waals surface area contributed by atoms with Crippen LogP contribution in [0, 0.1) is 0 Å². The Kier molecular flexibility index (Phi) is 8.53. The maximum absolute atomic E-state index is 13.2. The minimum absolute atomic E-state index is 0.0983. The van der Waals surface area contributed by atoms with Crippen molar-refractivity contribution in [3.8, 4) is 11.3 Å². The first-order valence-electron chi connectivity index (χ1n) is 12.6. The average Bonchev–Trinajstić information content (AvgIpc) is 2.92. The van der Waals surface area contributed by atoms with Crippen LogP contribution >= 0.6 is 0 Å². The van der Waals surface area contributed by atoms with Crippen LogP contribution in [0.5, 0.6) is 0 Å². The van der Waals surface area contributed by atoms with E-state index in [0.717, 1.165) is 55.2 Å². The molecule has 8 nitrogen and oxygen atoms in total. The normalized spacial score (nSPS) is 17.5. The topological polar surface area (TPSA) is 110 Å². The first kappa shape index (κ1) is 26.3. The van der Waals surface area contributed by atoms with Crippen LogP contribution in [-0.2, 0) is 9.53 Å². The van der Waals surface area contributed by atoms with Crippen molar-refractivity contribution in [2.75, 3.05) is 38.4 Å².